The highest BCUT2D eigenvalue weighted by molar-refractivity contribution is 5.06. The van der Waals surface area contributed by atoms with Gasteiger partial charge in [-0.3, -0.25) is 0 Å². The van der Waals surface area contributed by atoms with Crippen LogP contribution in [0.1, 0.15) is 44.1 Å². The SMILES string of the molecule is CC1CCCC(CNCc2ccc(CO)o2)(N(C)C)C1. The number of hydrogen-bond donors (Lipinski definition) is 2. The van der Waals surface area contributed by atoms with E-state index < -0.39 is 0 Å². The van der Waals surface area contributed by atoms with E-state index in [2.05, 4.69) is 31.2 Å². The first-order valence-electron chi connectivity index (χ1n) is 7.62. The summed E-state index contributed by atoms with van der Waals surface area (Å²) in [7, 11) is 4.38. The molecule has 4 nitrogen and oxygen atoms in total. The molecule has 1 aliphatic rings. The second-order valence-corrected chi connectivity index (χ2v) is 6.45. The average molecular weight is 280 g/mol. The Morgan fingerprint density at radius 3 is 2.75 bits per heavy atom. The maximum atomic E-state index is 9.00. The monoisotopic (exact) mass is 280 g/mol. The van der Waals surface area contributed by atoms with E-state index in [0.717, 1.165) is 24.8 Å². The largest absolute Gasteiger partial charge is 0.462 e. The minimum Gasteiger partial charge on any atom is -0.462 e. The highest BCUT2D eigenvalue weighted by atomic mass is 16.4. The molecular formula is C16H28N2O2. The van der Waals surface area contributed by atoms with Gasteiger partial charge in [-0.2, -0.15) is 0 Å². The van der Waals surface area contributed by atoms with Crippen LogP contribution in [-0.2, 0) is 13.2 Å². The number of nitrogens with zero attached hydrogens (tertiary/aromatic N) is 1. The molecule has 1 heterocycles. The van der Waals surface area contributed by atoms with Crippen LogP contribution in [0.3, 0.4) is 0 Å². The fourth-order valence-corrected chi connectivity index (χ4v) is 3.38. The second kappa shape index (κ2) is 6.74. The zero-order valence-corrected chi connectivity index (χ0v) is 13.0. The zero-order chi connectivity index (χ0) is 14.6. The van der Waals surface area contributed by atoms with Crippen LogP contribution in [0.4, 0.5) is 0 Å². The van der Waals surface area contributed by atoms with Gasteiger partial charge in [0.15, 0.2) is 0 Å². The fourth-order valence-electron chi connectivity index (χ4n) is 3.38. The van der Waals surface area contributed by atoms with Crippen molar-refractivity contribution >= 4 is 0 Å². The molecule has 1 aromatic heterocycles. The number of likely N-dealkylation sites (N-methyl/N-ethyl adjacent to an activating group) is 1. The van der Waals surface area contributed by atoms with Gasteiger partial charge < -0.3 is 19.7 Å². The predicted molar refractivity (Wildman–Crippen MR) is 80.4 cm³/mol. The molecule has 0 bridgehead atoms. The van der Waals surface area contributed by atoms with Crippen LogP contribution in [0.25, 0.3) is 0 Å². The summed E-state index contributed by atoms with van der Waals surface area (Å²) < 4.78 is 5.51. The van der Waals surface area contributed by atoms with E-state index in [4.69, 9.17) is 9.52 Å². The second-order valence-electron chi connectivity index (χ2n) is 6.45. The third-order valence-electron chi connectivity index (χ3n) is 4.64. The Hall–Kier alpha value is -0.840. The molecule has 1 saturated carbocycles. The van der Waals surface area contributed by atoms with Crippen molar-refractivity contribution in [1.29, 1.82) is 0 Å². The molecule has 0 aliphatic heterocycles. The number of aliphatic hydroxyl groups is 1. The van der Waals surface area contributed by atoms with Crippen LogP contribution < -0.4 is 5.32 Å². The first-order valence-corrected chi connectivity index (χ1v) is 7.62. The minimum atomic E-state index is -0.0286. The van der Waals surface area contributed by atoms with Crippen molar-refractivity contribution in [2.75, 3.05) is 20.6 Å². The Kier molecular flexibility index (Phi) is 5.24. The Morgan fingerprint density at radius 1 is 1.40 bits per heavy atom. The Balaban J connectivity index is 1.89. The molecule has 0 radical (unpaired) electrons. The van der Waals surface area contributed by atoms with Crippen LogP contribution in [0, 0.1) is 5.92 Å². The van der Waals surface area contributed by atoms with Gasteiger partial charge in [0.25, 0.3) is 0 Å². The summed E-state index contributed by atoms with van der Waals surface area (Å²) in [6, 6.07) is 3.77. The summed E-state index contributed by atoms with van der Waals surface area (Å²) in [4.78, 5) is 2.39. The molecule has 0 saturated heterocycles. The van der Waals surface area contributed by atoms with Crippen LogP contribution in [0.5, 0.6) is 0 Å². The summed E-state index contributed by atoms with van der Waals surface area (Å²) in [5.41, 5.74) is 0.268. The Bertz CT molecular complexity index is 416. The van der Waals surface area contributed by atoms with Crippen molar-refractivity contribution in [1.82, 2.24) is 10.2 Å². The number of aliphatic hydroxyl groups excluding tert-OH is 1. The summed E-state index contributed by atoms with van der Waals surface area (Å²) in [5, 5.41) is 12.5. The van der Waals surface area contributed by atoms with E-state index in [0.29, 0.717) is 5.76 Å². The van der Waals surface area contributed by atoms with Gasteiger partial charge in [-0.25, -0.2) is 0 Å². The lowest BCUT2D eigenvalue weighted by atomic mass is 9.75. The van der Waals surface area contributed by atoms with Gasteiger partial charge >= 0.3 is 0 Å². The molecule has 2 unspecified atom stereocenters. The molecule has 2 rings (SSSR count). The molecule has 0 aromatic carbocycles. The van der Waals surface area contributed by atoms with Gasteiger partial charge in [0, 0.05) is 12.1 Å². The highest BCUT2D eigenvalue weighted by Gasteiger charge is 2.36. The van der Waals surface area contributed by atoms with E-state index in [1.54, 1.807) is 0 Å². The van der Waals surface area contributed by atoms with Gasteiger partial charge in [-0.05, 0) is 45.0 Å². The first kappa shape index (κ1) is 15.5. The van der Waals surface area contributed by atoms with Crippen LogP contribution in [-0.4, -0.2) is 36.2 Å². The van der Waals surface area contributed by atoms with Crippen molar-refractivity contribution in [3.63, 3.8) is 0 Å². The lowest BCUT2D eigenvalue weighted by Crippen LogP contribution is -2.54. The molecule has 2 atom stereocenters. The standard InChI is InChI=1S/C16H28N2O2/c1-13-5-4-8-16(9-13,18(2)3)12-17-10-14-6-7-15(11-19)20-14/h6-7,13,17,19H,4-5,8-12H2,1-3H3. The van der Waals surface area contributed by atoms with E-state index in [1.165, 1.54) is 25.7 Å². The molecular weight excluding hydrogens is 252 g/mol. The maximum absolute atomic E-state index is 9.00. The van der Waals surface area contributed by atoms with Crippen LogP contribution in [0.15, 0.2) is 16.5 Å². The van der Waals surface area contributed by atoms with E-state index in [9.17, 15) is 0 Å². The highest BCUT2D eigenvalue weighted by Crippen LogP contribution is 2.35. The average Bonchev–Trinajstić information content (AvgIpc) is 2.86. The van der Waals surface area contributed by atoms with Crippen molar-refractivity contribution in [2.24, 2.45) is 5.92 Å². The quantitative estimate of drug-likeness (QED) is 0.840. The Labute approximate surface area is 122 Å². The molecule has 114 valence electrons. The van der Waals surface area contributed by atoms with Crippen LogP contribution in [0.2, 0.25) is 0 Å². The molecule has 1 aliphatic carbocycles. The number of furan rings is 1. The van der Waals surface area contributed by atoms with E-state index in [-0.39, 0.29) is 12.1 Å². The Morgan fingerprint density at radius 2 is 2.15 bits per heavy atom. The molecule has 1 aromatic rings. The molecule has 0 spiro atoms. The molecule has 2 N–H and O–H groups in total. The van der Waals surface area contributed by atoms with Crippen molar-refractivity contribution in [2.45, 2.75) is 51.3 Å². The summed E-state index contributed by atoms with van der Waals surface area (Å²) in [6.45, 7) is 4.04. The number of rotatable bonds is 6. The fraction of sp³-hybridized carbons (Fsp3) is 0.750. The predicted octanol–water partition coefficient (Wildman–Crippen LogP) is 2.37. The lowest BCUT2D eigenvalue weighted by Gasteiger charge is -2.45. The zero-order valence-electron chi connectivity index (χ0n) is 13.0. The number of nitrogens with one attached hydrogen (secondary N) is 1. The minimum absolute atomic E-state index is 0.0286. The number of hydrogen-bond acceptors (Lipinski definition) is 4. The normalized spacial score (nSPS) is 27.1. The van der Waals surface area contributed by atoms with Crippen LogP contribution >= 0.6 is 0 Å². The van der Waals surface area contributed by atoms with Gasteiger partial charge in [0.2, 0.25) is 0 Å². The van der Waals surface area contributed by atoms with Crippen molar-refractivity contribution in [3.8, 4) is 0 Å². The molecule has 20 heavy (non-hydrogen) atoms. The molecule has 4 heteroatoms. The third-order valence-corrected chi connectivity index (χ3v) is 4.64. The topological polar surface area (TPSA) is 48.6 Å². The van der Waals surface area contributed by atoms with Gasteiger partial charge in [-0.15, -0.1) is 0 Å². The smallest absolute Gasteiger partial charge is 0.129 e. The van der Waals surface area contributed by atoms with E-state index in [1.807, 2.05) is 12.1 Å². The molecule has 1 fully saturated rings. The summed E-state index contributed by atoms with van der Waals surface area (Å²) >= 11 is 0. The van der Waals surface area contributed by atoms with Gasteiger partial charge in [0.05, 0.1) is 6.54 Å². The first-order chi connectivity index (χ1) is 9.55. The maximum Gasteiger partial charge on any atom is 0.129 e. The van der Waals surface area contributed by atoms with Crippen molar-refractivity contribution in [3.05, 3.63) is 23.7 Å². The summed E-state index contributed by atoms with van der Waals surface area (Å²) in [5.74, 6) is 2.33. The van der Waals surface area contributed by atoms with Gasteiger partial charge in [0.1, 0.15) is 18.1 Å². The van der Waals surface area contributed by atoms with Crippen molar-refractivity contribution < 1.29 is 9.52 Å². The lowest BCUT2D eigenvalue weighted by molar-refractivity contribution is 0.0744. The molecule has 0 amide bonds. The van der Waals surface area contributed by atoms with E-state index >= 15 is 0 Å². The summed E-state index contributed by atoms with van der Waals surface area (Å²) in [6.07, 6.45) is 5.19. The third kappa shape index (κ3) is 3.62. The van der Waals surface area contributed by atoms with Gasteiger partial charge in [-0.1, -0.05) is 19.8 Å².